The van der Waals surface area contributed by atoms with Crippen molar-refractivity contribution in [2.45, 2.75) is 51.3 Å². The number of nitrogens with zero attached hydrogens (tertiary/aromatic N) is 1. The van der Waals surface area contributed by atoms with Crippen molar-refractivity contribution in [1.29, 1.82) is 0 Å². The molecule has 16 heavy (non-hydrogen) atoms. The summed E-state index contributed by atoms with van der Waals surface area (Å²) >= 11 is 0. The maximum absolute atomic E-state index is 5.40. The van der Waals surface area contributed by atoms with Crippen molar-refractivity contribution in [2.75, 3.05) is 26.7 Å². The number of nitrogens with one attached hydrogen (secondary N) is 1. The van der Waals surface area contributed by atoms with Gasteiger partial charge in [0.15, 0.2) is 0 Å². The van der Waals surface area contributed by atoms with Gasteiger partial charge in [-0.1, -0.05) is 6.92 Å². The quantitative estimate of drug-likeness (QED) is 0.789. The molecule has 3 nitrogen and oxygen atoms in total. The molecule has 0 radical (unpaired) electrons. The van der Waals surface area contributed by atoms with Gasteiger partial charge in [0.25, 0.3) is 0 Å². The molecule has 2 aliphatic rings. The van der Waals surface area contributed by atoms with Crippen LogP contribution in [-0.2, 0) is 4.74 Å². The second-order valence-corrected chi connectivity index (χ2v) is 5.68. The molecule has 2 rings (SSSR count). The number of likely N-dealkylation sites (tertiary alicyclic amines) is 1. The minimum absolute atomic E-state index is 0.433. The average molecular weight is 226 g/mol. The highest BCUT2D eigenvalue weighted by Crippen LogP contribution is 2.22. The molecule has 0 spiro atoms. The van der Waals surface area contributed by atoms with E-state index < -0.39 is 0 Å². The van der Waals surface area contributed by atoms with E-state index in [1.807, 2.05) is 7.11 Å². The van der Waals surface area contributed by atoms with Crippen molar-refractivity contribution >= 4 is 0 Å². The molecule has 0 amide bonds. The van der Waals surface area contributed by atoms with Gasteiger partial charge in [-0.2, -0.15) is 0 Å². The molecule has 2 fully saturated rings. The fourth-order valence-electron chi connectivity index (χ4n) is 3.02. The molecule has 0 aliphatic carbocycles. The highest BCUT2D eigenvalue weighted by Gasteiger charge is 2.29. The zero-order valence-corrected chi connectivity index (χ0v) is 10.9. The second kappa shape index (κ2) is 5.48. The highest BCUT2D eigenvalue weighted by molar-refractivity contribution is 4.87. The minimum atomic E-state index is 0.433. The Morgan fingerprint density at radius 2 is 2.12 bits per heavy atom. The average Bonchev–Trinajstić information content (AvgIpc) is 2.71. The maximum Gasteiger partial charge on any atom is 0.0711 e. The lowest BCUT2D eigenvalue weighted by Crippen LogP contribution is -2.46. The van der Waals surface area contributed by atoms with Crippen molar-refractivity contribution in [2.24, 2.45) is 5.92 Å². The Morgan fingerprint density at radius 3 is 2.81 bits per heavy atom. The molecule has 4 unspecified atom stereocenters. The van der Waals surface area contributed by atoms with Crippen LogP contribution in [0, 0.1) is 5.92 Å². The third-order valence-corrected chi connectivity index (χ3v) is 4.22. The summed E-state index contributed by atoms with van der Waals surface area (Å²) in [6.45, 7) is 8.24. The number of hydrogen-bond donors (Lipinski definition) is 1. The monoisotopic (exact) mass is 226 g/mol. The first-order valence-electron chi connectivity index (χ1n) is 6.69. The summed E-state index contributed by atoms with van der Waals surface area (Å²) in [5.74, 6) is 0.871. The molecule has 1 N–H and O–H groups in total. The zero-order valence-electron chi connectivity index (χ0n) is 10.9. The van der Waals surface area contributed by atoms with Crippen molar-refractivity contribution in [1.82, 2.24) is 10.2 Å². The van der Waals surface area contributed by atoms with Crippen molar-refractivity contribution in [3.63, 3.8) is 0 Å². The van der Waals surface area contributed by atoms with Gasteiger partial charge in [-0.25, -0.2) is 0 Å². The fourth-order valence-corrected chi connectivity index (χ4v) is 3.02. The second-order valence-electron chi connectivity index (χ2n) is 5.68. The Balaban J connectivity index is 1.80. The van der Waals surface area contributed by atoms with E-state index in [4.69, 9.17) is 4.74 Å². The van der Waals surface area contributed by atoms with E-state index in [2.05, 4.69) is 24.1 Å². The minimum Gasteiger partial charge on any atom is -0.380 e. The van der Waals surface area contributed by atoms with E-state index in [9.17, 15) is 0 Å². The normalized spacial score (nSPS) is 41.4. The number of methoxy groups -OCH3 is 1. The molecular weight excluding hydrogens is 200 g/mol. The molecule has 94 valence electrons. The molecule has 0 aromatic carbocycles. The van der Waals surface area contributed by atoms with E-state index in [0.717, 1.165) is 18.5 Å². The van der Waals surface area contributed by atoms with E-state index in [0.29, 0.717) is 12.1 Å². The molecule has 4 atom stereocenters. The van der Waals surface area contributed by atoms with Gasteiger partial charge >= 0.3 is 0 Å². The topological polar surface area (TPSA) is 24.5 Å². The van der Waals surface area contributed by atoms with E-state index >= 15 is 0 Å². The lowest BCUT2D eigenvalue weighted by Gasteiger charge is -2.38. The fraction of sp³-hybridized carbons (Fsp3) is 1.00. The third kappa shape index (κ3) is 2.96. The summed E-state index contributed by atoms with van der Waals surface area (Å²) in [5.41, 5.74) is 0. The lowest BCUT2D eigenvalue weighted by atomic mass is 9.94. The maximum atomic E-state index is 5.40. The summed E-state index contributed by atoms with van der Waals surface area (Å²) < 4.78 is 5.40. The lowest BCUT2D eigenvalue weighted by molar-refractivity contribution is 0.101. The van der Waals surface area contributed by atoms with E-state index in [-0.39, 0.29) is 0 Å². The summed E-state index contributed by atoms with van der Waals surface area (Å²) in [6, 6.07) is 1.40. The zero-order chi connectivity index (χ0) is 11.5. The number of piperidine rings is 1. The van der Waals surface area contributed by atoms with Gasteiger partial charge in [-0.3, -0.25) is 4.90 Å². The smallest absolute Gasteiger partial charge is 0.0711 e. The molecule has 3 heteroatoms. The van der Waals surface area contributed by atoms with Gasteiger partial charge in [0.1, 0.15) is 0 Å². The Labute approximate surface area is 99.5 Å². The predicted octanol–water partition coefficient (Wildman–Crippen LogP) is 1.48. The van der Waals surface area contributed by atoms with E-state index in [1.54, 1.807) is 0 Å². The summed E-state index contributed by atoms with van der Waals surface area (Å²) in [6.07, 6.45) is 4.37. The molecular formula is C13H26N2O. The third-order valence-electron chi connectivity index (χ3n) is 4.22. The van der Waals surface area contributed by atoms with Crippen LogP contribution in [0.25, 0.3) is 0 Å². The van der Waals surface area contributed by atoms with Crippen molar-refractivity contribution in [3.05, 3.63) is 0 Å². The first kappa shape index (κ1) is 12.3. The first-order chi connectivity index (χ1) is 7.69. The summed E-state index contributed by atoms with van der Waals surface area (Å²) in [7, 11) is 1.82. The first-order valence-corrected chi connectivity index (χ1v) is 6.69. The van der Waals surface area contributed by atoms with Crippen LogP contribution in [0.2, 0.25) is 0 Å². The molecule has 2 heterocycles. The number of ether oxygens (including phenoxy) is 1. The molecule has 2 saturated heterocycles. The molecule has 0 aromatic heterocycles. The molecule has 0 saturated carbocycles. The number of rotatable bonds is 3. The van der Waals surface area contributed by atoms with Crippen LogP contribution in [0.1, 0.15) is 33.1 Å². The Kier molecular flexibility index (Phi) is 4.22. The summed E-state index contributed by atoms with van der Waals surface area (Å²) in [4.78, 5) is 2.66. The highest BCUT2D eigenvalue weighted by atomic mass is 16.5. The van der Waals surface area contributed by atoms with Crippen LogP contribution in [0.4, 0.5) is 0 Å². The largest absolute Gasteiger partial charge is 0.380 e. The van der Waals surface area contributed by atoms with Gasteiger partial charge in [0.05, 0.1) is 6.10 Å². The Hall–Kier alpha value is -0.120. The molecule has 0 bridgehead atoms. The molecule has 2 aliphatic heterocycles. The van der Waals surface area contributed by atoms with Gasteiger partial charge < -0.3 is 10.1 Å². The van der Waals surface area contributed by atoms with Crippen molar-refractivity contribution in [3.8, 4) is 0 Å². The van der Waals surface area contributed by atoms with Gasteiger partial charge in [-0.15, -0.1) is 0 Å². The van der Waals surface area contributed by atoms with Crippen LogP contribution in [-0.4, -0.2) is 49.8 Å². The predicted molar refractivity (Wildman–Crippen MR) is 66.6 cm³/mol. The van der Waals surface area contributed by atoms with Crippen LogP contribution < -0.4 is 5.32 Å². The van der Waals surface area contributed by atoms with Crippen LogP contribution >= 0.6 is 0 Å². The van der Waals surface area contributed by atoms with Crippen LogP contribution in [0.15, 0.2) is 0 Å². The standard InChI is InChI=1S/C13H26N2O/c1-10-4-5-11(2)15(8-10)9-12-6-13(16-3)7-14-12/h10-14H,4-9H2,1-3H3. The van der Waals surface area contributed by atoms with Crippen LogP contribution in [0.3, 0.4) is 0 Å². The van der Waals surface area contributed by atoms with Gasteiger partial charge in [0, 0.05) is 38.8 Å². The number of hydrogen-bond acceptors (Lipinski definition) is 3. The Bertz CT molecular complexity index is 222. The van der Waals surface area contributed by atoms with Gasteiger partial charge in [0.2, 0.25) is 0 Å². The summed E-state index contributed by atoms with van der Waals surface area (Å²) in [5, 5.41) is 3.57. The van der Waals surface area contributed by atoms with E-state index in [1.165, 1.54) is 32.4 Å². The Morgan fingerprint density at radius 1 is 1.31 bits per heavy atom. The SMILES string of the molecule is COC1CNC(CN2CC(C)CCC2C)C1. The van der Waals surface area contributed by atoms with Crippen molar-refractivity contribution < 1.29 is 4.74 Å². The van der Waals surface area contributed by atoms with Crippen LogP contribution in [0.5, 0.6) is 0 Å². The van der Waals surface area contributed by atoms with Gasteiger partial charge in [-0.05, 0) is 32.1 Å². The molecule has 0 aromatic rings.